The number of aromatic nitrogens is 1. The molecule has 0 saturated carbocycles. The Morgan fingerprint density at radius 3 is 2.26 bits per heavy atom. The summed E-state index contributed by atoms with van der Waals surface area (Å²) >= 11 is 0. The first-order valence-corrected chi connectivity index (χ1v) is 6.85. The quantitative estimate of drug-likeness (QED) is 0.771. The molecular weight excluding hydrogens is 296 g/mol. The molecular formula is C17H14N2O4. The van der Waals surface area contributed by atoms with Crippen molar-refractivity contribution < 1.29 is 14.6 Å². The fourth-order valence-electron chi connectivity index (χ4n) is 2.54. The third kappa shape index (κ3) is 2.30. The van der Waals surface area contributed by atoms with E-state index in [1.807, 2.05) is 0 Å². The minimum absolute atomic E-state index is 0.251. The van der Waals surface area contributed by atoms with Crippen LogP contribution < -0.4 is 16.0 Å². The lowest BCUT2D eigenvalue weighted by atomic mass is 10.1. The van der Waals surface area contributed by atoms with Crippen molar-refractivity contribution in [3.05, 3.63) is 64.6 Å². The normalized spacial score (nSPS) is 10.7. The number of fused-ring (bicyclic) bond motifs is 1. The number of nitrogens with zero attached hydrogens (tertiary/aromatic N) is 1. The number of carbonyl (C=O) groups is 1. The number of primary amides is 1. The average Bonchev–Trinajstić information content (AvgIpc) is 2.57. The van der Waals surface area contributed by atoms with Crippen LogP contribution in [0, 0.1) is 0 Å². The van der Waals surface area contributed by atoms with Crippen LogP contribution in [0.4, 0.5) is 0 Å². The molecule has 116 valence electrons. The molecule has 3 rings (SSSR count). The number of benzene rings is 2. The lowest BCUT2D eigenvalue weighted by Gasteiger charge is -2.14. The molecule has 0 spiro atoms. The van der Waals surface area contributed by atoms with Crippen molar-refractivity contribution in [3.8, 4) is 17.2 Å². The van der Waals surface area contributed by atoms with E-state index in [1.165, 1.54) is 7.11 Å². The predicted molar refractivity (Wildman–Crippen MR) is 86.3 cm³/mol. The minimum Gasteiger partial charge on any atom is -0.505 e. The van der Waals surface area contributed by atoms with Crippen LogP contribution in [0.5, 0.6) is 11.5 Å². The van der Waals surface area contributed by atoms with Gasteiger partial charge in [-0.2, -0.15) is 0 Å². The van der Waals surface area contributed by atoms with E-state index < -0.39 is 11.5 Å². The van der Waals surface area contributed by atoms with E-state index in [4.69, 9.17) is 10.5 Å². The van der Waals surface area contributed by atoms with Gasteiger partial charge in [0.25, 0.3) is 11.5 Å². The molecule has 1 amide bonds. The first-order valence-electron chi connectivity index (χ1n) is 6.85. The second kappa shape index (κ2) is 5.49. The van der Waals surface area contributed by atoms with Crippen LogP contribution in [0.15, 0.2) is 53.3 Å². The van der Waals surface area contributed by atoms with Gasteiger partial charge in [0.05, 0.1) is 12.5 Å². The molecule has 0 unspecified atom stereocenters. The molecule has 0 aliphatic heterocycles. The predicted octanol–water partition coefficient (Wildman–Crippen LogP) is 1.80. The molecule has 0 radical (unpaired) electrons. The van der Waals surface area contributed by atoms with E-state index in [0.717, 1.165) is 4.57 Å². The van der Waals surface area contributed by atoms with Crippen LogP contribution >= 0.6 is 0 Å². The van der Waals surface area contributed by atoms with Crippen LogP contribution in [-0.2, 0) is 0 Å². The molecule has 0 aliphatic carbocycles. The van der Waals surface area contributed by atoms with Gasteiger partial charge >= 0.3 is 0 Å². The Kier molecular flexibility index (Phi) is 3.50. The fraction of sp³-hybridized carbons (Fsp3) is 0.0588. The zero-order chi connectivity index (χ0) is 16.6. The van der Waals surface area contributed by atoms with E-state index in [1.54, 1.807) is 48.5 Å². The number of rotatable bonds is 3. The molecule has 0 atom stereocenters. The molecule has 23 heavy (non-hydrogen) atoms. The molecule has 1 heterocycles. The van der Waals surface area contributed by atoms with E-state index in [2.05, 4.69) is 0 Å². The van der Waals surface area contributed by atoms with Crippen LogP contribution in [0.3, 0.4) is 0 Å². The molecule has 0 bridgehead atoms. The summed E-state index contributed by atoms with van der Waals surface area (Å²) in [6.45, 7) is 0. The third-order valence-electron chi connectivity index (χ3n) is 3.63. The van der Waals surface area contributed by atoms with Crippen molar-refractivity contribution in [2.24, 2.45) is 5.73 Å². The number of nitrogens with two attached hydrogens (primary N) is 1. The Balaban J connectivity index is 2.42. The highest BCUT2D eigenvalue weighted by Crippen LogP contribution is 2.28. The Morgan fingerprint density at radius 1 is 1.09 bits per heavy atom. The highest BCUT2D eigenvalue weighted by Gasteiger charge is 2.21. The molecule has 3 N–H and O–H groups in total. The smallest absolute Gasteiger partial charge is 0.269 e. The summed E-state index contributed by atoms with van der Waals surface area (Å²) in [6, 6.07) is 13.0. The van der Waals surface area contributed by atoms with Crippen molar-refractivity contribution >= 4 is 16.7 Å². The van der Waals surface area contributed by atoms with Gasteiger partial charge in [0.15, 0.2) is 11.4 Å². The van der Waals surface area contributed by atoms with Crippen LogP contribution in [-0.4, -0.2) is 22.7 Å². The van der Waals surface area contributed by atoms with Crippen molar-refractivity contribution in [2.75, 3.05) is 7.11 Å². The van der Waals surface area contributed by atoms with Crippen molar-refractivity contribution in [2.45, 2.75) is 0 Å². The first kappa shape index (κ1) is 14.6. The van der Waals surface area contributed by atoms with E-state index in [0.29, 0.717) is 16.8 Å². The SMILES string of the molecule is COc1ccc(-n2c(C(N)=O)c(O)c3ccccc3c2=O)cc1. The van der Waals surface area contributed by atoms with Gasteiger partial charge in [0.1, 0.15) is 5.75 Å². The van der Waals surface area contributed by atoms with Crippen molar-refractivity contribution in [3.63, 3.8) is 0 Å². The molecule has 0 fully saturated rings. The van der Waals surface area contributed by atoms with Gasteiger partial charge in [0, 0.05) is 11.1 Å². The first-order chi connectivity index (χ1) is 11.0. The molecule has 0 saturated heterocycles. The van der Waals surface area contributed by atoms with Gasteiger partial charge in [-0.05, 0) is 30.3 Å². The zero-order valence-corrected chi connectivity index (χ0v) is 12.3. The molecule has 6 heteroatoms. The number of aromatic hydroxyl groups is 1. The Hall–Kier alpha value is -3.28. The fourth-order valence-corrected chi connectivity index (χ4v) is 2.54. The number of amides is 1. The Morgan fingerprint density at radius 2 is 1.70 bits per heavy atom. The van der Waals surface area contributed by atoms with E-state index >= 15 is 0 Å². The molecule has 6 nitrogen and oxygen atoms in total. The van der Waals surface area contributed by atoms with Gasteiger partial charge in [-0.15, -0.1) is 0 Å². The molecule has 3 aromatic rings. The number of ether oxygens (including phenoxy) is 1. The number of pyridine rings is 1. The maximum Gasteiger partial charge on any atom is 0.269 e. The monoisotopic (exact) mass is 310 g/mol. The second-order valence-electron chi connectivity index (χ2n) is 4.95. The highest BCUT2D eigenvalue weighted by molar-refractivity contribution is 6.01. The van der Waals surface area contributed by atoms with Crippen molar-refractivity contribution in [1.82, 2.24) is 4.57 Å². The lowest BCUT2D eigenvalue weighted by Crippen LogP contribution is -2.28. The molecule has 1 aromatic heterocycles. The minimum atomic E-state index is -0.888. The number of hydrogen-bond donors (Lipinski definition) is 2. The van der Waals surface area contributed by atoms with Gasteiger partial charge < -0.3 is 15.6 Å². The maximum absolute atomic E-state index is 12.8. The number of methoxy groups -OCH3 is 1. The number of carbonyl (C=O) groups excluding carboxylic acids is 1. The van der Waals surface area contributed by atoms with Gasteiger partial charge in [-0.25, -0.2) is 0 Å². The zero-order valence-electron chi connectivity index (χ0n) is 12.3. The summed E-state index contributed by atoms with van der Waals surface area (Å²) in [6.07, 6.45) is 0. The summed E-state index contributed by atoms with van der Waals surface area (Å²) in [5.74, 6) is -0.600. The third-order valence-corrected chi connectivity index (χ3v) is 3.63. The topological polar surface area (TPSA) is 94.6 Å². The van der Waals surface area contributed by atoms with Crippen LogP contribution in [0.1, 0.15) is 10.5 Å². The van der Waals surface area contributed by atoms with E-state index in [-0.39, 0.29) is 16.8 Å². The lowest BCUT2D eigenvalue weighted by molar-refractivity contribution is 0.0990. The summed E-state index contributed by atoms with van der Waals surface area (Å²) in [5, 5.41) is 11.0. The Bertz CT molecular complexity index is 959. The molecule has 0 aliphatic rings. The molecule has 2 aromatic carbocycles. The summed E-state index contributed by atoms with van der Waals surface area (Å²) in [5.41, 5.74) is 5.11. The maximum atomic E-state index is 12.8. The van der Waals surface area contributed by atoms with Crippen molar-refractivity contribution in [1.29, 1.82) is 0 Å². The summed E-state index contributed by atoms with van der Waals surface area (Å²) in [4.78, 5) is 24.6. The van der Waals surface area contributed by atoms with Gasteiger partial charge in [-0.1, -0.05) is 18.2 Å². The van der Waals surface area contributed by atoms with Crippen LogP contribution in [0.2, 0.25) is 0 Å². The van der Waals surface area contributed by atoms with Crippen LogP contribution in [0.25, 0.3) is 16.5 Å². The largest absolute Gasteiger partial charge is 0.505 e. The average molecular weight is 310 g/mol. The highest BCUT2D eigenvalue weighted by atomic mass is 16.5. The standard InChI is InChI=1S/C17H14N2O4/c1-23-11-8-6-10(7-9-11)19-14(16(18)21)15(20)12-4-2-3-5-13(12)17(19)22/h2-9,20H,1H3,(H2,18,21). The van der Waals surface area contributed by atoms with Gasteiger partial charge in [-0.3, -0.25) is 14.2 Å². The van der Waals surface area contributed by atoms with Gasteiger partial charge in [0.2, 0.25) is 0 Å². The summed E-state index contributed by atoms with van der Waals surface area (Å²) < 4.78 is 6.19. The number of hydrogen-bond acceptors (Lipinski definition) is 4. The van der Waals surface area contributed by atoms with E-state index in [9.17, 15) is 14.7 Å². The Labute approximate surface area is 131 Å². The second-order valence-corrected chi connectivity index (χ2v) is 4.95. The summed E-state index contributed by atoms with van der Waals surface area (Å²) in [7, 11) is 1.53.